The second-order valence-corrected chi connectivity index (χ2v) is 6.86. The molecule has 1 amide bonds. The van der Waals surface area contributed by atoms with Gasteiger partial charge in [-0.05, 0) is 43.4 Å². The van der Waals surface area contributed by atoms with Gasteiger partial charge in [-0.2, -0.15) is 0 Å². The fourth-order valence-corrected chi connectivity index (χ4v) is 3.70. The Balaban J connectivity index is 1.70. The van der Waals surface area contributed by atoms with E-state index in [0.29, 0.717) is 22.9 Å². The van der Waals surface area contributed by atoms with E-state index in [1.165, 1.54) is 18.2 Å². The lowest BCUT2D eigenvalue weighted by Gasteiger charge is -2.26. The van der Waals surface area contributed by atoms with Gasteiger partial charge in [-0.15, -0.1) is 11.8 Å². The molecule has 2 aliphatic rings. The molecule has 0 radical (unpaired) electrons. The van der Waals surface area contributed by atoms with Crippen LogP contribution in [-0.4, -0.2) is 23.7 Å². The average Bonchev–Trinajstić information content (AvgIpc) is 2.46. The number of hydrogen-bond donors (Lipinski definition) is 1. The molecule has 2 atom stereocenters. The number of nitrogens with one attached hydrogen (secondary N) is 1. The summed E-state index contributed by atoms with van der Waals surface area (Å²) in [5.41, 5.74) is 1.22. The minimum Gasteiger partial charge on any atom is -0.459 e. The average molecular weight is 305 g/mol. The molecule has 5 heteroatoms. The third-order valence-corrected chi connectivity index (χ3v) is 5.08. The highest BCUT2D eigenvalue weighted by Crippen LogP contribution is 2.32. The summed E-state index contributed by atoms with van der Waals surface area (Å²) in [5.74, 6) is 0.730. The highest BCUT2D eigenvalue weighted by atomic mass is 32.2. The summed E-state index contributed by atoms with van der Waals surface area (Å²) in [6.45, 7) is 2.20. The Morgan fingerprint density at radius 1 is 1.38 bits per heavy atom. The van der Waals surface area contributed by atoms with Crippen molar-refractivity contribution in [2.24, 2.45) is 5.92 Å². The third-order valence-electron chi connectivity index (χ3n) is 4.01. The number of benzene rings is 1. The zero-order valence-electron chi connectivity index (χ0n) is 12.1. The molecular formula is C16H19NO3S. The molecule has 3 rings (SSSR count). The van der Waals surface area contributed by atoms with Gasteiger partial charge in [-0.1, -0.05) is 13.3 Å². The second kappa shape index (κ2) is 6.10. The number of rotatable bonds is 2. The first-order chi connectivity index (χ1) is 10.1. The summed E-state index contributed by atoms with van der Waals surface area (Å²) in [7, 11) is 0. The first kappa shape index (κ1) is 14.4. The molecule has 1 fully saturated rings. The van der Waals surface area contributed by atoms with E-state index in [2.05, 4.69) is 12.2 Å². The SMILES string of the molecule is CC1CCCC(OC(=O)c2ccc3c(c2)NC(=O)CS3)C1. The lowest BCUT2D eigenvalue weighted by molar-refractivity contribution is -0.113. The summed E-state index contributed by atoms with van der Waals surface area (Å²) in [5, 5.41) is 2.80. The number of carbonyl (C=O) groups is 2. The van der Waals surface area contributed by atoms with E-state index in [1.54, 1.807) is 12.1 Å². The van der Waals surface area contributed by atoms with E-state index in [9.17, 15) is 9.59 Å². The lowest BCUT2D eigenvalue weighted by atomic mass is 9.89. The maximum atomic E-state index is 12.2. The van der Waals surface area contributed by atoms with Crippen molar-refractivity contribution >= 4 is 29.3 Å². The number of fused-ring (bicyclic) bond motifs is 1. The smallest absolute Gasteiger partial charge is 0.338 e. The number of amides is 1. The molecule has 0 aromatic heterocycles. The van der Waals surface area contributed by atoms with E-state index in [-0.39, 0.29) is 18.0 Å². The number of carbonyl (C=O) groups excluding carboxylic acids is 2. The summed E-state index contributed by atoms with van der Waals surface area (Å²) >= 11 is 1.49. The van der Waals surface area contributed by atoms with Gasteiger partial charge in [-0.3, -0.25) is 4.79 Å². The Morgan fingerprint density at radius 2 is 2.24 bits per heavy atom. The van der Waals surface area contributed by atoms with Crippen molar-refractivity contribution in [2.45, 2.75) is 43.6 Å². The van der Waals surface area contributed by atoms with Crippen LogP contribution in [0.2, 0.25) is 0 Å². The number of hydrogen-bond acceptors (Lipinski definition) is 4. The van der Waals surface area contributed by atoms with Crippen molar-refractivity contribution in [1.82, 2.24) is 0 Å². The molecule has 1 saturated carbocycles. The number of esters is 1. The maximum Gasteiger partial charge on any atom is 0.338 e. The van der Waals surface area contributed by atoms with Crippen molar-refractivity contribution in [3.63, 3.8) is 0 Å². The largest absolute Gasteiger partial charge is 0.459 e. The minimum atomic E-state index is -0.290. The van der Waals surface area contributed by atoms with Crippen LogP contribution in [0.3, 0.4) is 0 Å². The fourth-order valence-electron chi connectivity index (χ4n) is 2.92. The molecule has 1 heterocycles. The summed E-state index contributed by atoms with van der Waals surface area (Å²) < 4.78 is 5.61. The van der Waals surface area contributed by atoms with Crippen LogP contribution in [0.5, 0.6) is 0 Å². The van der Waals surface area contributed by atoms with Gasteiger partial charge in [-0.25, -0.2) is 4.79 Å². The van der Waals surface area contributed by atoms with Crippen LogP contribution < -0.4 is 5.32 Å². The molecule has 1 aromatic carbocycles. The Labute approximate surface area is 128 Å². The topological polar surface area (TPSA) is 55.4 Å². The monoisotopic (exact) mass is 305 g/mol. The molecule has 21 heavy (non-hydrogen) atoms. The summed E-state index contributed by atoms with van der Waals surface area (Å²) in [6.07, 6.45) is 4.27. The van der Waals surface area contributed by atoms with E-state index in [0.717, 1.165) is 24.2 Å². The number of anilines is 1. The normalized spacial score (nSPS) is 24.9. The Hall–Kier alpha value is -1.49. The van der Waals surface area contributed by atoms with Crippen molar-refractivity contribution in [2.75, 3.05) is 11.1 Å². The van der Waals surface area contributed by atoms with E-state index >= 15 is 0 Å². The molecule has 1 N–H and O–H groups in total. The van der Waals surface area contributed by atoms with Crippen molar-refractivity contribution in [3.05, 3.63) is 23.8 Å². The van der Waals surface area contributed by atoms with E-state index in [1.807, 2.05) is 6.07 Å². The predicted molar refractivity (Wildman–Crippen MR) is 82.6 cm³/mol. The quantitative estimate of drug-likeness (QED) is 0.850. The first-order valence-electron chi connectivity index (χ1n) is 7.39. The van der Waals surface area contributed by atoms with Gasteiger partial charge in [0.15, 0.2) is 0 Å². The van der Waals surface area contributed by atoms with Crippen molar-refractivity contribution < 1.29 is 14.3 Å². The Morgan fingerprint density at radius 3 is 3.05 bits per heavy atom. The van der Waals surface area contributed by atoms with Crippen LogP contribution in [0.4, 0.5) is 5.69 Å². The van der Waals surface area contributed by atoms with Gasteiger partial charge in [0.25, 0.3) is 0 Å². The van der Waals surface area contributed by atoms with Crippen LogP contribution in [0.15, 0.2) is 23.1 Å². The van der Waals surface area contributed by atoms with Crippen molar-refractivity contribution in [3.8, 4) is 0 Å². The van der Waals surface area contributed by atoms with Gasteiger partial charge < -0.3 is 10.1 Å². The molecule has 112 valence electrons. The van der Waals surface area contributed by atoms with Crippen LogP contribution in [-0.2, 0) is 9.53 Å². The Bertz CT molecular complexity index is 573. The van der Waals surface area contributed by atoms with Crippen molar-refractivity contribution in [1.29, 1.82) is 0 Å². The molecule has 1 aliphatic heterocycles. The maximum absolute atomic E-state index is 12.2. The van der Waals surface area contributed by atoms with Crippen LogP contribution >= 0.6 is 11.8 Å². The summed E-state index contributed by atoms with van der Waals surface area (Å²) in [6, 6.07) is 5.37. The molecule has 2 unspecified atom stereocenters. The lowest BCUT2D eigenvalue weighted by Crippen LogP contribution is -2.25. The van der Waals surface area contributed by atoms with Gasteiger partial charge in [0, 0.05) is 4.90 Å². The molecular weight excluding hydrogens is 286 g/mol. The van der Waals surface area contributed by atoms with Crippen LogP contribution in [0, 0.1) is 5.92 Å². The highest BCUT2D eigenvalue weighted by Gasteiger charge is 2.24. The first-order valence-corrected chi connectivity index (χ1v) is 8.38. The van der Waals surface area contributed by atoms with E-state index in [4.69, 9.17) is 4.74 Å². The van der Waals surface area contributed by atoms with Crippen LogP contribution in [0.1, 0.15) is 43.0 Å². The highest BCUT2D eigenvalue weighted by molar-refractivity contribution is 8.00. The molecule has 4 nitrogen and oxygen atoms in total. The Kier molecular flexibility index (Phi) is 4.19. The molecule has 0 spiro atoms. The molecule has 0 saturated heterocycles. The standard InChI is InChI=1S/C16H19NO3S/c1-10-3-2-4-12(7-10)20-16(19)11-5-6-14-13(8-11)17-15(18)9-21-14/h5-6,8,10,12H,2-4,7,9H2,1H3,(H,17,18). The van der Waals surface area contributed by atoms with Gasteiger partial charge in [0.2, 0.25) is 5.91 Å². The number of thioether (sulfide) groups is 1. The fraction of sp³-hybridized carbons (Fsp3) is 0.500. The molecule has 1 aromatic rings. The second-order valence-electron chi connectivity index (χ2n) is 5.85. The van der Waals surface area contributed by atoms with Gasteiger partial charge in [0.05, 0.1) is 17.0 Å². The van der Waals surface area contributed by atoms with Gasteiger partial charge in [0.1, 0.15) is 6.10 Å². The zero-order chi connectivity index (χ0) is 14.8. The molecule has 1 aliphatic carbocycles. The predicted octanol–water partition coefficient (Wildman–Crippen LogP) is 3.47. The number of ether oxygens (including phenoxy) is 1. The zero-order valence-corrected chi connectivity index (χ0v) is 12.9. The molecule has 0 bridgehead atoms. The third kappa shape index (κ3) is 3.40. The van der Waals surface area contributed by atoms with E-state index < -0.39 is 0 Å². The van der Waals surface area contributed by atoms with Gasteiger partial charge >= 0.3 is 5.97 Å². The summed E-state index contributed by atoms with van der Waals surface area (Å²) in [4.78, 5) is 24.7. The van der Waals surface area contributed by atoms with Crippen LogP contribution in [0.25, 0.3) is 0 Å². The minimum absolute atomic E-state index is 0.0286.